The highest BCUT2D eigenvalue weighted by atomic mass is 32.2. The first-order valence-electron chi connectivity index (χ1n) is 9.46. The summed E-state index contributed by atoms with van der Waals surface area (Å²) in [6, 6.07) is 5.62. The summed E-state index contributed by atoms with van der Waals surface area (Å²) in [5.74, 6) is -0.0234. The molecule has 2 aliphatic heterocycles. The summed E-state index contributed by atoms with van der Waals surface area (Å²) < 4.78 is 27.4. The van der Waals surface area contributed by atoms with E-state index in [-0.39, 0.29) is 17.9 Å². The van der Waals surface area contributed by atoms with Crippen LogP contribution in [0.3, 0.4) is 0 Å². The van der Waals surface area contributed by atoms with E-state index in [0.29, 0.717) is 30.8 Å². The number of hydrogen-bond donors (Lipinski definition) is 2. The molecule has 0 bridgehead atoms. The van der Waals surface area contributed by atoms with Gasteiger partial charge in [-0.3, -0.25) is 4.79 Å². The molecule has 2 N–H and O–H groups in total. The molecule has 26 heavy (non-hydrogen) atoms. The molecule has 1 aromatic rings. The lowest BCUT2D eigenvalue weighted by Gasteiger charge is -2.32. The van der Waals surface area contributed by atoms with Crippen molar-refractivity contribution >= 4 is 15.9 Å². The highest BCUT2D eigenvalue weighted by Crippen LogP contribution is 2.26. The number of sulfonamides is 1. The van der Waals surface area contributed by atoms with Crippen LogP contribution in [0.1, 0.15) is 36.8 Å². The Morgan fingerprint density at radius 1 is 1.19 bits per heavy atom. The van der Waals surface area contributed by atoms with Crippen LogP contribution in [0.25, 0.3) is 0 Å². The van der Waals surface area contributed by atoms with Gasteiger partial charge < -0.3 is 10.6 Å². The standard InChI is InChI=1S/C19H29N3O3S/c1-14-5-6-18(15(2)12-14)26(24,25)22-10-7-16(8-11-22)19(23)21-17-4-3-9-20-13-17/h5-6,12,16-17,20H,3-4,7-11,13H2,1-2H3,(H,21,23)/t17-/m0/s1. The van der Waals surface area contributed by atoms with Crippen LogP contribution < -0.4 is 10.6 Å². The van der Waals surface area contributed by atoms with Crippen LogP contribution in [0.5, 0.6) is 0 Å². The van der Waals surface area contributed by atoms with Crippen molar-refractivity contribution in [3.63, 3.8) is 0 Å². The van der Waals surface area contributed by atoms with Gasteiger partial charge in [-0.15, -0.1) is 0 Å². The van der Waals surface area contributed by atoms with Gasteiger partial charge in [-0.1, -0.05) is 17.7 Å². The van der Waals surface area contributed by atoms with Gasteiger partial charge in [-0.25, -0.2) is 8.42 Å². The van der Waals surface area contributed by atoms with E-state index in [1.165, 1.54) is 4.31 Å². The van der Waals surface area contributed by atoms with Crippen LogP contribution >= 0.6 is 0 Å². The Bertz CT molecular complexity index is 749. The Balaban J connectivity index is 1.59. The van der Waals surface area contributed by atoms with Crippen molar-refractivity contribution in [2.45, 2.75) is 50.5 Å². The molecule has 1 aromatic carbocycles. The van der Waals surface area contributed by atoms with Crippen LogP contribution in [0.2, 0.25) is 0 Å². The number of rotatable bonds is 4. The van der Waals surface area contributed by atoms with Gasteiger partial charge >= 0.3 is 0 Å². The van der Waals surface area contributed by atoms with Crippen molar-refractivity contribution < 1.29 is 13.2 Å². The summed E-state index contributed by atoms with van der Waals surface area (Å²) in [6.07, 6.45) is 3.25. The minimum absolute atomic E-state index is 0.0715. The van der Waals surface area contributed by atoms with Gasteiger partial charge in [0.25, 0.3) is 0 Å². The van der Waals surface area contributed by atoms with Gasteiger partial charge in [0, 0.05) is 31.6 Å². The predicted octanol–water partition coefficient (Wildman–Crippen LogP) is 1.57. The smallest absolute Gasteiger partial charge is 0.243 e. The van der Waals surface area contributed by atoms with Crippen molar-refractivity contribution in [2.24, 2.45) is 5.92 Å². The molecule has 0 aromatic heterocycles. The second-order valence-corrected chi connectivity index (χ2v) is 9.41. The van der Waals surface area contributed by atoms with E-state index >= 15 is 0 Å². The Kier molecular flexibility index (Phi) is 5.99. The van der Waals surface area contributed by atoms with Gasteiger partial charge in [0.2, 0.25) is 15.9 Å². The fraction of sp³-hybridized carbons (Fsp3) is 0.632. The Morgan fingerprint density at radius 2 is 1.92 bits per heavy atom. The predicted molar refractivity (Wildman–Crippen MR) is 101 cm³/mol. The number of nitrogens with zero attached hydrogens (tertiary/aromatic N) is 1. The summed E-state index contributed by atoms with van der Waals surface area (Å²) in [5, 5.41) is 6.41. The van der Waals surface area contributed by atoms with E-state index in [1.54, 1.807) is 6.07 Å². The molecule has 144 valence electrons. The Hall–Kier alpha value is -1.44. The first-order chi connectivity index (χ1) is 12.4. The molecule has 3 rings (SSSR count). The third-order valence-electron chi connectivity index (χ3n) is 5.42. The average Bonchev–Trinajstić information content (AvgIpc) is 2.62. The lowest BCUT2D eigenvalue weighted by molar-refractivity contribution is -0.126. The van der Waals surface area contributed by atoms with E-state index in [2.05, 4.69) is 10.6 Å². The first-order valence-corrected chi connectivity index (χ1v) is 10.9. The molecule has 0 unspecified atom stereocenters. The SMILES string of the molecule is Cc1ccc(S(=O)(=O)N2CCC(C(=O)N[C@H]3CCCNC3)CC2)c(C)c1. The van der Waals surface area contributed by atoms with Gasteiger partial charge in [0.05, 0.1) is 4.90 Å². The molecule has 7 heteroatoms. The van der Waals surface area contributed by atoms with Crippen molar-refractivity contribution in [1.29, 1.82) is 0 Å². The molecule has 1 amide bonds. The maximum atomic E-state index is 12.9. The van der Waals surface area contributed by atoms with Crippen molar-refractivity contribution in [1.82, 2.24) is 14.9 Å². The lowest BCUT2D eigenvalue weighted by Crippen LogP contribution is -2.49. The summed E-state index contributed by atoms with van der Waals surface area (Å²) in [7, 11) is -3.49. The van der Waals surface area contributed by atoms with Crippen LogP contribution in [-0.2, 0) is 14.8 Å². The highest BCUT2D eigenvalue weighted by molar-refractivity contribution is 7.89. The minimum atomic E-state index is -3.49. The van der Waals surface area contributed by atoms with Crippen LogP contribution in [-0.4, -0.2) is 50.9 Å². The Labute approximate surface area is 156 Å². The summed E-state index contributed by atoms with van der Waals surface area (Å²) >= 11 is 0. The zero-order chi connectivity index (χ0) is 18.7. The van der Waals surface area contributed by atoms with E-state index in [9.17, 15) is 13.2 Å². The normalized spacial score (nSPS) is 22.9. The van der Waals surface area contributed by atoms with Gasteiger partial charge in [0.15, 0.2) is 0 Å². The van der Waals surface area contributed by atoms with Gasteiger partial charge in [-0.2, -0.15) is 4.31 Å². The van der Waals surface area contributed by atoms with Gasteiger partial charge in [0.1, 0.15) is 0 Å². The number of carbonyl (C=O) groups excluding carboxylic acids is 1. The van der Waals surface area contributed by atoms with Crippen LogP contribution in [0.15, 0.2) is 23.1 Å². The molecule has 1 atom stereocenters. The number of nitrogens with one attached hydrogen (secondary N) is 2. The molecule has 2 saturated heterocycles. The summed E-state index contributed by atoms with van der Waals surface area (Å²) in [6.45, 7) is 6.42. The number of amides is 1. The molecule has 2 fully saturated rings. The quantitative estimate of drug-likeness (QED) is 0.832. The minimum Gasteiger partial charge on any atom is -0.352 e. The van der Waals surface area contributed by atoms with Gasteiger partial charge in [-0.05, 0) is 57.7 Å². The maximum Gasteiger partial charge on any atom is 0.243 e. The maximum absolute atomic E-state index is 12.9. The molecule has 6 nitrogen and oxygen atoms in total. The van der Waals surface area contributed by atoms with E-state index in [1.807, 2.05) is 26.0 Å². The third kappa shape index (κ3) is 4.27. The summed E-state index contributed by atoms with van der Waals surface area (Å²) in [5.41, 5.74) is 1.82. The highest BCUT2D eigenvalue weighted by Gasteiger charge is 2.33. The number of benzene rings is 1. The Morgan fingerprint density at radius 3 is 2.54 bits per heavy atom. The number of carbonyl (C=O) groups is 1. The van der Waals surface area contributed by atoms with Crippen molar-refractivity contribution in [2.75, 3.05) is 26.2 Å². The second-order valence-electron chi connectivity index (χ2n) is 7.50. The number of aryl methyl sites for hydroxylation is 2. The molecule has 0 saturated carbocycles. The number of piperidine rings is 2. The third-order valence-corrected chi connectivity index (χ3v) is 7.48. The fourth-order valence-corrected chi connectivity index (χ4v) is 5.56. The van der Waals surface area contributed by atoms with Crippen molar-refractivity contribution in [3.05, 3.63) is 29.3 Å². The zero-order valence-electron chi connectivity index (χ0n) is 15.6. The van der Waals surface area contributed by atoms with Crippen LogP contribution in [0, 0.1) is 19.8 Å². The van der Waals surface area contributed by atoms with E-state index in [4.69, 9.17) is 0 Å². The molecule has 2 heterocycles. The van der Waals surface area contributed by atoms with E-state index in [0.717, 1.165) is 37.1 Å². The van der Waals surface area contributed by atoms with E-state index < -0.39 is 10.0 Å². The largest absolute Gasteiger partial charge is 0.352 e. The molecule has 0 aliphatic carbocycles. The van der Waals surface area contributed by atoms with Crippen LogP contribution in [0.4, 0.5) is 0 Å². The average molecular weight is 380 g/mol. The monoisotopic (exact) mass is 379 g/mol. The second kappa shape index (κ2) is 8.06. The number of hydrogen-bond acceptors (Lipinski definition) is 4. The first kappa shape index (κ1) is 19.3. The topological polar surface area (TPSA) is 78.5 Å². The molecule has 0 spiro atoms. The lowest BCUT2D eigenvalue weighted by atomic mass is 9.96. The molecule has 0 radical (unpaired) electrons. The fourth-order valence-electron chi connectivity index (χ4n) is 3.88. The van der Waals surface area contributed by atoms with Crippen molar-refractivity contribution in [3.8, 4) is 0 Å². The zero-order valence-corrected chi connectivity index (χ0v) is 16.4. The summed E-state index contributed by atoms with van der Waals surface area (Å²) in [4.78, 5) is 12.9. The molecular formula is C19H29N3O3S. The molecular weight excluding hydrogens is 350 g/mol. The molecule has 2 aliphatic rings.